The summed E-state index contributed by atoms with van der Waals surface area (Å²) in [5, 5.41) is 9.08. The van der Waals surface area contributed by atoms with Gasteiger partial charge in [-0.1, -0.05) is 0 Å². The van der Waals surface area contributed by atoms with Crippen LogP contribution >= 0.6 is 0 Å². The summed E-state index contributed by atoms with van der Waals surface area (Å²) in [6.45, 7) is 6.38. The van der Waals surface area contributed by atoms with E-state index in [1.54, 1.807) is 12.1 Å². The number of pyridine rings is 1. The van der Waals surface area contributed by atoms with E-state index in [4.69, 9.17) is 9.84 Å². The lowest BCUT2D eigenvalue weighted by Crippen LogP contribution is -2.40. The fraction of sp³-hybridized carbons (Fsp3) is 0.588. The summed E-state index contributed by atoms with van der Waals surface area (Å²) in [7, 11) is 0. The fourth-order valence-electron chi connectivity index (χ4n) is 2.85. The summed E-state index contributed by atoms with van der Waals surface area (Å²) >= 11 is 0. The van der Waals surface area contributed by atoms with E-state index in [9.17, 15) is 9.59 Å². The van der Waals surface area contributed by atoms with Crippen molar-refractivity contribution < 1.29 is 19.4 Å². The number of carbonyl (C=O) groups is 2. The van der Waals surface area contributed by atoms with Crippen molar-refractivity contribution in [3.8, 4) is 0 Å². The maximum Gasteiger partial charge on any atom is 0.323 e. The van der Waals surface area contributed by atoms with E-state index < -0.39 is 5.97 Å². The van der Waals surface area contributed by atoms with Gasteiger partial charge in [0, 0.05) is 32.4 Å². The third-order valence-corrected chi connectivity index (χ3v) is 4.14. The van der Waals surface area contributed by atoms with E-state index in [0.717, 1.165) is 31.7 Å². The third kappa shape index (κ3) is 4.67. The fourth-order valence-corrected chi connectivity index (χ4v) is 2.85. The Labute approximate surface area is 142 Å². The topological polar surface area (TPSA) is 83.0 Å². The molecule has 7 heteroatoms. The maximum absolute atomic E-state index is 12.6. The minimum absolute atomic E-state index is 0.0868. The zero-order chi connectivity index (χ0) is 17.5. The molecule has 2 rings (SSSR count). The van der Waals surface area contributed by atoms with Crippen LogP contribution in [0.1, 0.15) is 37.0 Å². The number of carbonyl (C=O) groups excluding carboxylic acids is 1. The monoisotopic (exact) mass is 335 g/mol. The van der Waals surface area contributed by atoms with Gasteiger partial charge in [-0.05, 0) is 38.8 Å². The van der Waals surface area contributed by atoms with Crippen LogP contribution in [0.4, 0.5) is 5.82 Å². The molecule has 1 fully saturated rings. The molecule has 1 N–H and O–H groups in total. The Balaban J connectivity index is 2.10. The normalized spacial score (nSPS) is 16.8. The number of carboxylic acids is 1. The lowest BCUT2D eigenvalue weighted by atomic mass is 10.2. The van der Waals surface area contributed by atoms with E-state index in [0.29, 0.717) is 18.7 Å². The molecule has 0 aromatic carbocycles. The summed E-state index contributed by atoms with van der Waals surface area (Å²) in [5.74, 6) is -0.555. The molecule has 1 atom stereocenters. The number of hydrogen-bond acceptors (Lipinski definition) is 5. The molecule has 132 valence electrons. The number of anilines is 1. The average molecular weight is 335 g/mol. The van der Waals surface area contributed by atoms with Crippen LogP contribution in [0, 0.1) is 0 Å². The minimum atomic E-state index is -1.03. The van der Waals surface area contributed by atoms with Crippen LogP contribution in [-0.2, 0) is 9.53 Å². The second-order valence-electron chi connectivity index (χ2n) is 5.79. The zero-order valence-corrected chi connectivity index (χ0v) is 14.3. The number of aromatic nitrogens is 1. The third-order valence-electron chi connectivity index (χ3n) is 4.14. The zero-order valence-electron chi connectivity index (χ0n) is 14.3. The van der Waals surface area contributed by atoms with Crippen LogP contribution in [0.25, 0.3) is 0 Å². The molecule has 0 spiro atoms. The molecule has 1 aliphatic rings. The number of rotatable bonds is 8. The predicted molar refractivity (Wildman–Crippen MR) is 90.3 cm³/mol. The van der Waals surface area contributed by atoms with E-state index in [1.807, 2.05) is 13.8 Å². The molecule has 2 heterocycles. The van der Waals surface area contributed by atoms with Crippen LogP contribution in [-0.4, -0.2) is 65.8 Å². The first-order chi connectivity index (χ1) is 11.5. The Morgan fingerprint density at radius 1 is 1.33 bits per heavy atom. The standard InChI is InChI=1S/C17H25N3O4/c1-3-19(4-2)15-8-7-13(10-18-15)17(23)20(12-16(21)22)11-14-6-5-9-24-14/h7-8,10,14H,3-6,9,11-12H2,1-2H3,(H,21,22)/t14-/m1/s1. The predicted octanol–water partition coefficient (Wildman–Crippen LogP) is 1.63. The van der Waals surface area contributed by atoms with Crippen molar-refractivity contribution in [3.05, 3.63) is 23.9 Å². The van der Waals surface area contributed by atoms with E-state index in [2.05, 4.69) is 9.88 Å². The van der Waals surface area contributed by atoms with Gasteiger partial charge < -0.3 is 19.6 Å². The SMILES string of the molecule is CCN(CC)c1ccc(C(=O)N(CC(=O)O)C[C@H]2CCCO2)cn1. The molecule has 0 aliphatic carbocycles. The largest absolute Gasteiger partial charge is 0.480 e. The number of ether oxygens (including phenoxy) is 1. The van der Waals surface area contributed by atoms with Gasteiger partial charge in [-0.25, -0.2) is 4.98 Å². The second kappa shape index (κ2) is 8.63. The van der Waals surface area contributed by atoms with Crippen LogP contribution in [0.5, 0.6) is 0 Å². The van der Waals surface area contributed by atoms with Gasteiger partial charge in [0.2, 0.25) is 0 Å². The average Bonchev–Trinajstić information content (AvgIpc) is 3.08. The van der Waals surface area contributed by atoms with Gasteiger partial charge in [0.25, 0.3) is 5.91 Å². The highest BCUT2D eigenvalue weighted by atomic mass is 16.5. The van der Waals surface area contributed by atoms with Crippen LogP contribution in [0.3, 0.4) is 0 Å². The summed E-state index contributed by atoms with van der Waals surface area (Å²) in [5.41, 5.74) is 0.394. The Kier molecular flexibility index (Phi) is 6.54. The number of hydrogen-bond donors (Lipinski definition) is 1. The molecule has 1 aromatic rings. The van der Waals surface area contributed by atoms with Gasteiger partial charge in [-0.15, -0.1) is 0 Å². The van der Waals surface area contributed by atoms with Crippen molar-refractivity contribution in [1.82, 2.24) is 9.88 Å². The molecular formula is C17H25N3O4. The quantitative estimate of drug-likeness (QED) is 0.777. The first kappa shape index (κ1) is 18.2. The number of carboxylic acid groups (broad SMARTS) is 1. The molecular weight excluding hydrogens is 310 g/mol. The highest BCUT2D eigenvalue weighted by Crippen LogP contribution is 2.16. The second-order valence-corrected chi connectivity index (χ2v) is 5.79. The van der Waals surface area contributed by atoms with Crippen molar-refractivity contribution in [3.63, 3.8) is 0 Å². The van der Waals surface area contributed by atoms with Crippen molar-refractivity contribution >= 4 is 17.7 Å². The summed E-state index contributed by atoms with van der Waals surface area (Å²) in [6, 6.07) is 3.50. The Morgan fingerprint density at radius 3 is 2.58 bits per heavy atom. The lowest BCUT2D eigenvalue weighted by Gasteiger charge is -2.24. The van der Waals surface area contributed by atoms with Gasteiger partial charge in [0.15, 0.2) is 0 Å². The Hall–Kier alpha value is -2.15. The van der Waals surface area contributed by atoms with Crippen LogP contribution in [0.15, 0.2) is 18.3 Å². The van der Waals surface area contributed by atoms with E-state index in [1.165, 1.54) is 11.1 Å². The highest BCUT2D eigenvalue weighted by molar-refractivity contribution is 5.95. The first-order valence-electron chi connectivity index (χ1n) is 8.38. The molecule has 0 saturated carbocycles. The maximum atomic E-state index is 12.6. The van der Waals surface area contributed by atoms with Gasteiger partial charge in [0.1, 0.15) is 12.4 Å². The number of nitrogens with zero attached hydrogens (tertiary/aromatic N) is 3. The summed E-state index contributed by atoms with van der Waals surface area (Å²) in [4.78, 5) is 31.5. The molecule has 0 unspecified atom stereocenters. The van der Waals surface area contributed by atoms with Gasteiger partial charge in [-0.2, -0.15) is 0 Å². The minimum Gasteiger partial charge on any atom is -0.480 e. The molecule has 0 radical (unpaired) electrons. The smallest absolute Gasteiger partial charge is 0.323 e. The van der Waals surface area contributed by atoms with Gasteiger partial charge >= 0.3 is 5.97 Å². The molecule has 1 aromatic heterocycles. The Bertz CT molecular complexity index is 551. The summed E-state index contributed by atoms with van der Waals surface area (Å²) < 4.78 is 5.52. The summed E-state index contributed by atoms with van der Waals surface area (Å²) in [6.07, 6.45) is 3.22. The molecule has 1 amide bonds. The van der Waals surface area contributed by atoms with Gasteiger partial charge in [-0.3, -0.25) is 9.59 Å². The lowest BCUT2D eigenvalue weighted by molar-refractivity contribution is -0.138. The van der Waals surface area contributed by atoms with Crippen LogP contribution < -0.4 is 4.90 Å². The van der Waals surface area contributed by atoms with Gasteiger partial charge in [0.05, 0.1) is 11.7 Å². The molecule has 0 bridgehead atoms. The molecule has 7 nitrogen and oxygen atoms in total. The Morgan fingerprint density at radius 2 is 2.08 bits per heavy atom. The van der Waals surface area contributed by atoms with Crippen molar-refractivity contribution in [2.24, 2.45) is 0 Å². The molecule has 24 heavy (non-hydrogen) atoms. The van der Waals surface area contributed by atoms with Crippen molar-refractivity contribution in [2.45, 2.75) is 32.8 Å². The molecule has 1 saturated heterocycles. The highest BCUT2D eigenvalue weighted by Gasteiger charge is 2.25. The van der Waals surface area contributed by atoms with Crippen LogP contribution in [0.2, 0.25) is 0 Å². The molecule has 1 aliphatic heterocycles. The number of amides is 1. The van der Waals surface area contributed by atoms with Crippen molar-refractivity contribution in [1.29, 1.82) is 0 Å². The first-order valence-corrected chi connectivity index (χ1v) is 8.38. The van der Waals surface area contributed by atoms with E-state index in [-0.39, 0.29) is 18.6 Å². The van der Waals surface area contributed by atoms with Crippen molar-refractivity contribution in [2.75, 3.05) is 37.7 Å². The van der Waals surface area contributed by atoms with E-state index >= 15 is 0 Å². The number of aliphatic carboxylic acids is 1.